The summed E-state index contributed by atoms with van der Waals surface area (Å²) in [5, 5.41) is 8.95. The van der Waals surface area contributed by atoms with Crippen LogP contribution < -0.4 is 16.0 Å². The summed E-state index contributed by atoms with van der Waals surface area (Å²) in [7, 11) is 0. The molecule has 1 atom stereocenters. The molecule has 3 N–H and O–H groups in total. The van der Waals surface area contributed by atoms with Crippen molar-refractivity contribution >= 4 is 35.2 Å². The van der Waals surface area contributed by atoms with E-state index in [1.54, 1.807) is 17.5 Å². The third-order valence-corrected chi connectivity index (χ3v) is 4.62. The molecule has 0 saturated heterocycles. The number of ether oxygens (including phenoxy) is 1. The Bertz CT molecular complexity index is 824. The van der Waals surface area contributed by atoms with E-state index in [2.05, 4.69) is 16.0 Å². The van der Waals surface area contributed by atoms with Gasteiger partial charge in [0, 0.05) is 13.0 Å². The lowest BCUT2D eigenvalue weighted by atomic mass is 10.1. The zero-order valence-electron chi connectivity index (χ0n) is 16.0. The Kier molecular flexibility index (Phi) is 8.84. The van der Waals surface area contributed by atoms with Crippen LogP contribution in [0.3, 0.4) is 0 Å². The molecule has 1 aromatic carbocycles. The quantitative estimate of drug-likeness (QED) is 0.539. The van der Waals surface area contributed by atoms with E-state index in [-0.39, 0.29) is 6.42 Å². The van der Waals surface area contributed by atoms with E-state index in [1.807, 2.05) is 37.3 Å². The van der Waals surface area contributed by atoms with Gasteiger partial charge in [0.1, 0.15) is 6.04 Å². The number of benzene rings is 1. The standard InChI is InChI=1S/C20H23N3O5S/c1-2-10-21-20(27)23-17(24)13-28-19(26)15(12-14-7-4-3-5-8-14)22-18(25)16-9-6-11-29-16/h3-9,11,15H,2,10,12-13H2,1H3,(H,22,25)(H2,21,23,24,27)/t15-/m0/s1. The average molecular weight is 417 g/mol. The lowest BCUT2D eigenvalue weighted by Gasteiger charge is -2.17. The van der Waals surface area contributed by atoms with Gasteiger partial charge in [-0.3, -0.25) is 14.9 Å². The van der Waals surface area contributed by atoms with Crippen molar-refractivity contribution in [1.29, 1.82) is 0 Å². The van der Waals surface area contributed by atoms with E-state index in [1.165, 1.54) is 11.3 Å². The highest BCUT2D eigenvalue weighted by Crippen LogP contribution is 2.10. The zero-order valence-corrected chi connectivity index (χ0v) is 16.8. The number of imide groups is 1. The molecular weight excluding hydrogens is 394 g/mol. The topological polar surface area (TPSA) is 114 Å². The number of hydrogen-bond acceptors (Lipinski definition) is 6. The molecule has 0 unspecified atom stereocenters. The van der Waals surface area contributed by atoms with Crippen molar-refractivity contribution < 1.29 is 23.9 Å². The summed E-state index contributed by atoms with van der Waals surface area (Å²) in [6.45, 7) is 1.67. The summed E-state index contributed by atoms with van der Waals surface area (Å²) in [6.07, 6.45) is 0.928. The molecule has 0 aliphatic heterocycles. The molecule has 9 heteroatoms. The van der Waals surface area contributed by atoms with E-state index in [4.69, 9.17) is 4.74 Å². The Labute approximate surface area is 172 Å². The summed E-state index contributed by atoms with van der Waals surface area (Å²) >= 11 is 1.25. The number of urea groups is 1. The van der Waals surface area contributed by atoms with Crippen molar-refractivity contribution in [2.45, 2.75) is 25.8 Å². The van der Waals surface area contributed by atoms with E-state index in [0.717, 1.165) is 12.0 Å². The van der Waals surface area contributed by atoms with Gasteiger partial charge in [-0.15, -0.1) is 11.3 Å². The van der Waals surface area contributed by atoms with Gasteiger partial charge in [-0.2, -0.15) is 0 Å². The van der Waals surface area contributed by atoms with Gasteiger partial charge in [-0.25, -0.2) is 9.59 Å². The number of rotatable bonds is 9. The van der Waals surface area contributed by atoms with Gasteiger partial charge in [0.25, 0.3) is 11.8 Å². The molecule has 0 aliphatic rings. The fourth-order valence-electron chi connectivity index (χ4n) is 2.36. The van der Waals surface area contributed by atoms with Crippen molar-refractivity contribution in [3.8, 4) is 0 Å². The molecule has 0 radical (unpaired) electrons. The molecule has 2 rings (SSSR count). The average Bonchev–Trinajstić information content (AvgIpc) is 3.25. The largest absolute Gasteiger partial charge is 0.454 e. The van der Waals surface area contributed by atoms with Crippen LogP contribution in [0.1, 0.15) is 28.6 Å². The first-order valence-corrected chi connectivity index (χ1v) is 10.00. The van der Waals surface area contributed by atoms with Crippen LogP contribution >= 0.6 is 11.3 Å². The fourth-order valence-corrected chi connectivity index (χ4v) is 2.99. The van der Waals surface area contributed by atoms with Crippen LogP contribution in [-0.4, -0.2) is 43.0 Å². The second kappa shape index (κ2) is 11.6. The van der Waals surface area contributed by atoms with Crippen LogP contribution in [0.15, 0.2) is 47.8 Å². The van der Waals surface area contributed by atoms with Crippen LogP contribution in [0.5, 0.6) is 0 Å². The van der Waals surface area contributed by atoms with Gasteiger partial charge in [0.2, 0.25) is 0 Å². The summed E-state index contributed by atoms with van der Waals surface area (Å²) in [4.78, 5) is 48.6. The Balaban J connectivity index is 1.95. The first kappa shape index (κ1) is 22.1. The summed E-state index contributed by atoms with van der Waals surface area (Å²) < 4.78 is 5.02. The Morgan fingerprint density at radius 1 is 1.07 bits per heavy atom. The molecular formula is C20H23N3O5S. The van der Waals surface area contributed by atoms with Gasteiger partial charge in [0.05, 0.1) is 4.88 Å². The van der Waals surface area contributed by atoms with Crippen LogP contribution in [-0.2, 0) is 20.7 Å². The van der Waals surface area contributed by atoms with Crippen LogP contribution in [0, 0.1) is 0 Å². The Hall–Kier alpha value is -3.20. The smallest absolute Gasteiger partial charge is 0.329 e. The van der Waals surface area contributed by atoms with Gasteiger partial charge >= 0.3 is 12.0 Å². The second-order valence-corrected chi connectivity index (χ2v) is 7.05. The summed E-state index contributed by atoms with van der Waals surface area (Å²) in [5.41, 5.74) is 0.823. The van der Waals surface area contributed by atoms with Gasteiger partial charge < -0.3 is 15.4 Å². The first-order valence-electron chi connectivity index (χ1n) is 9.12. The molecule has 0 aliphatic carbocycles. The fraction of sp³-hybridized carbons (Fsp3) is 0.300. The number of amides is 4. The second-order valence-electron chi connectivity index (χ2n) is 6.10. The number of carbonyl (C=O) groups excluding carboxylic acids is 4. The molecule has 2 aromatic rings. The van der Waals surface area contributed by atoms with Gasteiger partial charge in [-0.05, 0) is 23.4 Å². The van der Waals surface area contributed by atoms with Crippen LogP contribution in [0.25, 0.3) is 0 Å². The minimum absolute atomic E-state index is 0.204. The molecule has 154 valence electrons. The predicted molar refractivity (Wildman–Crippen MR) is 109 cm³/mol. The van der Waals surface area contributed by atoms with Crippen molar-refractivity contribution in [1.82, 2.24) is 16.0 Å². The highest BCUT2D eigenvalue weighted by molar-refractivity contribution is 7.12. The molecule has 0 spiro atoms. The van der Waals surface area contributed by atoms with E-state index >= 15 is 0 Å². The summed E-state index contributed by atoms with van der Waals surface area (Å²) in [6, 6.07) is 10.9. The molecule has 1 aromatic heterocycles. The minimum Gasteiger partial charge on any atom is -0.454 e. The monoisotopic (exact) mass is 417 g/mol. The SMILES string of the molecule is CCCNC(=O)NC(=O)COC(=O)[C@H](Cc1ccccc1)NC(=O)c1cccs1. The highest BCUT2D eigenvalue weighted by Gasteiger charge is 2.24. The maximum absolute atomic E-state index is 12.5. The molecule has 0 saturated carbocycles. The van der Waals surface area contributed by atoms with E-state index < -0.39 is 36.5 Å². The van der Waals surface area contributed by atoms with Crippen LogP contribution in [0.2, 0.25) is 0 Å². The van der Waals surface area contributed by atoms with Crippen molar-refractivity contribution in [3.05, 3.63) is 58.3 Å². The maximum Gasteiger partial charge on any atom is 0.329 e. The highest BCUT2D eigenvalue weighted by atomic mass is 32.1. The van der Waals surface area contributed by atoms with Crippen molar-refractivity contribution in [2.75, 3.05) is 13.2 Å². The number of esters is 1. The minimum atomic E-state index is -0.978. The number of nitrogens with one attached hydrogen (secondary N) is 3. The van der Waals surface area contributed by atoms with Gasteiger partial charge in [-0.1, -0.05) is 43.3 Å². The molecule has 0 bridgehead atoms. The number of hydrogen-bond donors (Lipinski definition) is 3. The number of carbonyl (C=O) groups is 4. The normalized spacial score (nSPS) is 11.2. The van der Waals surface area contributed by atoms with Crippen LogP contribution in [0.4, 0.5) is 4.79 Å². The predicted octanol–water partition coefficient (Wildman–Crippen LogP) is 1.87. The van der Waals surface area contributed by atoms with Crippen molar-refractivity contribution in [3.63, 3.8) is 0 Å². The molecule has 29 heavy (non-hydrogen) atoms. The number of thiophene rings is 1. The van der Waals surface area contributed by atoms with Gasteiger partial charge in [0.15, 0.2) is 6.61 Å². The van der Waals surface area contributed by atoms with E-state index in [0.29, 0.717) is 11.4 Å². The summed E-state index contributed by atoms with van der Waals surface area (Å²) in [5.74, 6) is -1.92. The molecule has 4 amide bonds. The third-order valence-electron chi connectivity index (χ3n) is 3.75. The molecule has 1 heterocycles. The first-order chi connectivity index (χ1) is 14.0. The Morgan fingerprint density at radius 3 is 2.48 bits per heavy atom. The Morgan fingerprint density at radius 2 is 1.83 bits per heavy atom. The third kappa shape index (κ3) is 7.74. The lowest BCUT2D eigenvalue weighted by molar-refractivity contribution is -0.150. The lowest BCUT2D eigenvalue weighted by Crippen LogP contribution is -2.45. The maximum atomic E-state index is 12.5. The molecule has 0 fully saturated rings. The zero-order chi connectivity index (χ0) is 21.1. The molecule has 8 nitrogen and oxygen atoms in total. The van der Waals surface area contributed by atoms with Crippen molar-refractivity contribution in [2.24, 2.45) is 0 Å². The van der Waals surface area contributed by atoms with E-state index in [9.17, 15) is 19.2 Å².